The highest BCUT2D eigenvalue weighted by Crippen LogP contribution is 2.32. The molecule has 0 aliphatic carbocycles. The number of nitrogens with one attached hydrogen (secondary N) is 1. The molecular weight excluding hydrogens is 294 g/mol. The van der Waals surface area contributed by atoms with Crippen LogP contribution < -0.4 is 5.32 Å². The van der Waals surface area contributed by atoms with Crippen molar-refractivity contribution in [1.29, 1.82) is 0 Å². The molecule has 2 atom stereocenters. The summed E-state index contributed by atoms with van der Waals surface area (Å²) in [6, 6.07) is 4.17. The molecule has 1 aromatic heterocycles. The molecule has 1 amide bonds. The van der Waals surface area contributed by atoms with E-state index in [9.17, 15) is 4.79 Å². The lowest BCUT2D eigenvalue weighted by Gasteiger charge is -2.31. The monoisotopic (exact) mass is 321 g/mol. The zero-order chi connectivity index (χ0) is 16.3. The molecule has 0 unspecified atom stereocenters. The zero-order valence-electron chi connectivity index (χ0n) is 14.1. The van der Waals surface area contributed by atoms with Gasteiger partial charge in [-0.3, -0.25) is 4.79 Å². The van der Waals surface area contributed by atoms with E-state index < -0.39 is 0 Å². The van der Waals surface area contributed by atoms with Crippen molar-refractivity contribution < 1.29 is 14.3 Å². The van der Waals surface area contributed by atoms with E-state index in [1.54, 1.807) is 6.92 Å². The summed E-state index contributed by atoms with van der Waals surface area (Å²) in [5.41, 5.74) is 0.942. The number of hydrogen-bond acceptors (Lipinski definition) is 4. The lowest BCUT2D eigenvalue weighted by atomic mass is 10.00. The Balaban J connectivity index is 1.50. The van der Waals surface area contributed by atoms with E-state index in [1.807, 2.05) is 4.90 Å². The fraction of sp³-hybridized carbons (Fsp3) is 0.706. The molecule has 0 saturated carbocycles. The average molecular weight is 321 g/mol. The first kappa shape index (κ1) is 16.5. The minimum absolute atomic E-state index is 0.101. The van der Waals surface area contributed by atoms with Crippen molar-refractivity contribution in [2.75, 3.05) is 32.8 Å². The topological polar surface area (TPSA) is 55.7 Å². The van der Waals surface area contributed by atoms with E-state index >= 15 is 0 Å². The minimum Gasteiger partial charge on any atom is -0.377 e. The molecular formula is C17H27N3O3. The van der Waals surface area contributed by atoms with E-state index in [2.05, 4.69) is 35.3 Å². The molecule has 0 aromatic carbocycles. The van der Waals surface area contributed by atoms with Gasteiger partial charge in [-0.15, -0.1) is 0 Å². The van der Waals surface area contributed by atoms with Crippen LogP contribution in [0.15, 0.2) is 18.3 Å². The van der Waals surface area contributed by atoms with Gasteiger partial charge < -0.3 is 24.3 Å². The number of ether oxygens (including phenoxy) is 2. The maximum Gasteiger partial charge on any atom is 0.219 e. The van der Waals surface area contributed by atoms with Gasteiger partial charge in [-0.1, -0.05) is 0 Å². The van der Waals surface area contributed by atoms with Gasteiger partial charge in [0.15, 0.2) is 0 Å². The number of carbonyl (C=O) groups is 1. The molecule has 3 heterocycles. The van der Waals surface area contributed by atoms with Crippen LogP contribution in [0.3, 0.4) is 0 Å². The van der Waals surface area contributed by atoms with Crippen molar-refractivity contribution in [1.82, 2.24) is 14.8 Å². The second-order valence-electron chi connectivity index (χ2n) is 6.70. The molecule has 2 saturated heterocycles. The van der Waals surface area contributed by atoms with Crippen molar-refractivity contribution in [3.8, 4) is 0 Å². The summed E-state index contributed by atoms with van der Waals surface area (Å²) in [4.78, 5) is 13.6. The van der Waals surface area contributed by atoms with Gasteiger partial charge in [0.25, 0.3) is 0 Å². The van der Waals surface area contributed by atoms with Gasteiger partial charge in [0.05, 0.1) is 25.9 Å². The molecule has 128 valence electrons. The highest BCUT2D eigenvalue weighted by Gasteiger charge is 2.43. The van der Waals surface area contributed by atoms with E-state index in [-0.39, 0.29) is 17.6 Å². The molecule has 0 bridgehead atoms. The summed E-state index contributed by atoms with van der Waals surface area (Å²) in [5.74, 6) is 0.101. The second-order valence-corrected chi connectivity index (χ2v) is 6.70. The zero-order valence-corrected chi connectivity index (χ0v) is 14.1. The van der Waals surface area contributed by atoms with Gasteiger partial charge >= 0.3 is 0 Å². The Morgan fingerprint density at radius 2 is 2.39 bits per heavy atom. The van der Waals surface area contributed by atoms with Crippen LogP contribution in [0.2, 0.25) is 0 Å². The average Bonchev–Trinajstić information content (AvgIpc) is 3.02. The van der Waals surface area contributed by atoms with Crippen molar-refractivity contribution in [2.45, 2.75) is 38.0 Å². The number of hydrogen-bond donors (Lipinski definition) is 1. The molecule has 2 aliphatic heterocycles. The predicted molar refractivity (Wildman–Crippen MR) is 87.0 cm³/mol. The largest absolute Gasteiger partial charge is 0.377 e. The minimum atomic E-state index is -0.320. The second kappa shape index (κ2) is 7.03. The molecule has 1 N–H and O–H groups in total. The van der Waals surface area contributed by atoms with Crippen molar-refractivity contribution in [3.05, 3.63) is 24.0 Å². The number of aryl methyl sites for hydroxylation is 1. The van der Waals surface area contributed by atoms with Crippen molar-refractivity contribution in [2.24, 2.45) is 7.05 Å². The molecule has 1 aromatic rings. The number of rotatable bonds is 4. The van der Waals surface area contributed by atoms with Gasteiger partial charge in [-0.25, -0.2) is 0 Å². The van der Waals surface area contributed by atoms with Crippen LogP contribution in [0.4, 0.5) is 0 Å². The Labute approximate surface area is 137 Å². The Bertz CT molecular complexity index is 545. The number of aromatic nitrogens is 1. The van der Waals surface area contributed by atoms with E-state index in [4.69, 9.17) is 9.47 Å². The molecule has 1 spiro atoms. The highest BCUT2D eigenvalue weighted by atomic mass is 16.6. The molecule has 6 heteroatoms. The molecule has 2 fully saturated rings. The van der Waals surface area contributed by atoms with Crippen molar-refractivity contribution >= 4 is 5.91 Å². The first-order chi connectivity index (χ1) is 11.1. The van der Waals surface area contributed by atoms with E-state index in [1.165, 1.54) is 5.69 Å². The molecule has 23 heavy (non-hydrogen) atoms. The van der Waals surface area contributed by atoms with Crippen LogP contribution in [0, 0.1) is 0 Å². The third-order valence-electron chi connectivity index (χ3n) is 4.86. The lowest BCUT2D eigenvalue weighted by molar-refractivity contribution is -0.133. The highest BCUT2D eigenvalue weighted by molar-refractivity contribution is 5.73. The Morgan fingerprint density at radius 3 is 3.13 bits per heavy atom. The number of nitrogens with zero attached hydrogens (tertiary/aromatic N) is 2. The molecule has 2 aliphatic rings. The van der Waals surface area contributed by atoms with Crippen LogP contribution in [0.1, 0.15) is 25.5 Å². The summed E-state index contributed by atoms with van der Waals surface area (Å²) in [6.07, 6.45) is 4.20. The predicted octanol–water partition coefficient (Wildman–Crippen LogP) is 0.911. The molecule has 3 rings (SSSR count). The van der Waals surface area contributed by atoms with Gasteiger partial charge in [-0.05, 0) is 25.0 Å². The maximum absolute atomic E-state index is 11.7. The fourth-order valence-electron chi connectivity index (χ4n) is 3.48. The quantitative estimate of drug-likeness (QED) is 0.896. The first-order valence-electron chi connectivity index (χ1n) is 8.40. The number of carbonyl (C=O) groups excluding carboxylic acids is 1. The van der Waals surface area contributed by atoms with Crippen LogP contribution >= 0.6 is 0 Å². The Hall–Kier alpha value is -1.37. The van der Waals surface area contributed by atoms with Crippen LogP contribution in [-0.2, 0) is 27.9 Å². The normalized spacial score (nSPS) is 28.3. The SMILES string of the molecule is CC(=O)N1CCOC[C@]2(CC[C@H](CNCc3cccn3C)O2)C1. The number of amides is 1. The third-order valence-corrected chi connectivity index (χ3v) is 4.86. The van der Waals surface area contributed by atoms with E-state index in [0.717, 1.165) is 25.9 Å². The van der Waals surface area contributed by atoms with Crippen molar-refractivity contribution in [3.63, 3.8) is 0 Å². The molecule has 6 nitrogen and oxygen atoms in total. The van der Waals surface area contributed by atoms with Crippen LogP contribution in [0.5, 0.6) is 0 Å². The smallest absolute Gasteiger partial charge is 0.219 e. The van der Waals surface area contributed by atoms with Crippen LogP contribution in [0.25, 0.3) is 0 Å². The summed E-state index contributed by atoms with van der Waals surface area (Å²) in [7, 11) is 2.05. The maximum atomic E-state index is 11.7. The van der Waals surface area contributed by atoms with Gasteiger partial charge in [0.2, 0.25) is 5.91 Å². The van der Waals surface area contributed by atoms with Gasteiger partial charge in [0, 0.05) is 45.5 Å². The van der Waals surface area contributed by atoms with Gasteiger partial charge in [-0.2, -0.15) is 0 Å². The standard InChI is InChI=1S/C17H27N3O3/c1-14(21)20-8-9-22-13-17(12-20)6-5-16(23-17)11-18-10-15-4-3-7-19(15)2/h3-4,7,16,18H,5-6,8-13H2,1-2H3/t16-,17+/m1/s1. The Kier molecular flexibility index (Phi) is 5.04. The summed E-state index contributed by atoms with van der Waals surface area (Å²) in [5, 5.41) is 3.47. The third kappa shape index (κ3) is 3.94. The van der Waals surface area contributed by atoms with E-state index in [0.29, 0.717) is 26.3 Å². The summed E-state index contributed by atoms with van der Waals surface area (Å²) in [6.45, 7) is 5.78. The Morgan fingerprint density at radius 1 is 1.52 bits per heavy atom. The summed E-state index contributed by atoms with van der Waals surface area (Å²) < 4.78 is 14.1. The summed E-state index contributed by atoms with van der Waals surface area (Å²) >= 11 is 0. The lowest BCUT2D eigenvalue weighted by Crippen LogP contribution is -2.46. The first-order valence-corrected chi connectivity index (χ1v) is 8.40. The fourth-order valence-corrected chi connectivity index (χ4v) is 3.48. The van der Waals surface area contributed by atoms with Crippen LogP contribution in [-0.4, -0.2) is 59.9 Å². The molecule has 0 radical (unpaired) electrons. The van der Waals surface area contributed by atoms with Gasteiger partial charge in [0.1, 0.15) is 5.60 Å².